The molecule has 10 heteroatoms. The van der Waals surface area contributed by atoms with E-state index in [1.54, 1.807) is 28.8 Å². The van der Waals surface area contributed by atoms with Crippen LogP contribution in [0.5, 0.6) is 0 Å². The number of pyridine rings is 1. The fourth-order valence-corrected chi connectivity index (χ4v) is 5.06. The largest absolute Gasteiger partial charge is 0.416 e. The number of nitrogens with zero attached hydrogens (tertiary/aromatic N) is 4. The van der Waals surface area contributed by atoms with E-state index < -0.39 is 17.6 Å². The minimum Gasteiger partial charge on any atom is -0.396 e. The number of benzene rings is 2. The summed E-state index contributed by atoms with van der Waals surface area (Å²) in [6.07, 6.45) is -0.325. The van der Waals surface area contributed by atoms with Crippen molar-refractivity contribution in [3.63, 3.8) is 0 Å². The first kappa shape index (κ1) is 28.3. The van der Waals surface area contributed by atoms with Crippen LogP contribution in [0.2, 0.25) is 0 Å². The molecule has 41 heavy (non-hydrogen) atoms. The molecule has 0 aliphatic carbocycles. The maximum atomic E-state index is 14.0. The Bertz CT molecular complexity index is 1610. The maximum absolute atomic E-state index is 14.0. The highest BCUT2D eigenvalue weighted by Crippen LogP contribution is 2.35. The Labute approximate surface area is 236 Å². The summed E-state index contributed by atoms with van der Waals surface area (Å²) in [6, 6.07) is 14.4. The first-order chi connectivity index (χ1) is 19.7. The second-order valence-corrected chi connectivity index (χ2v) is 10.3. The molecular weight excluding hydrogens is 531 g/mol. The smallest absolute Gasteiger partial charge is 0.396 e. The molecule has 2 N–H and O–H groups in total. The van der Waals surface area contributed by atoms with Crippen LogP contribution in [-0.4, -0.2) is 50.2 Å². The Kier molecular flexibility index (Phi) is 8.38. The summed E-state index contributed by atoms with van der Waals surface area (Å²) < 4.78 is 43.8. The van der Waals surface area contributed by atoms with E-state index in [1.807, 2.05) is 30.0 Å². The van der Waals surface area contributed by atoms with Crippen molar-refractivity contribution in [2.75, 3.05) is 25.0 Å². The Balaban J connectivity index is 1.32. The number of halogens is 3. The average molecular weight is 562 g/mol. The molecule has 1 aliphatic rings. The monoisotopic (exact) mass is 561 g/mol. The molecule has 0 saturated carbocycles. The van der Waals surface area contributed by atoms with Crippen LogP contribution in [0, 0.1) is 24.7 Å². The van der Waals surface area contributed by atoms with Crippen molar-refractivity contribution in [3.05, 3.63) is 94.4 Å². The molecule has 0 atom stereocenters. The normalized spacial score (nSPS) is 14.6. The summed E-state index contributed by atoms with van der Waals surface area (Å²) in [7, 11) is 0. The number of likely N-dealkylation sites (tertiary alicyclic amines) is 1. The fourth-order valence-electron chi connectivity index (χ4n) is 5.06. The number of piperidine rings is 1. The van der Waals surface area contributed by atoms with E-state index >= 15 is 0 Å². The number of anilines is 1. The number of alkyl halides is 3. The van der Waals surface area contributed by atoms with Crippen LogP contribution in [-0.2, 0) is 12.7 Å². The van der Waals surface area contributed by atoms with Gasteiger partial charge in [-0.25, -0.2) is 0 Å². The summed E-state index contributed by atoms with van der Waals surface area (Å²) in [4.78, 5) is 15.0. The summed E-state index contributed by atoms with van der Waals surface area (Å²) in [6.45, 7) is 3.54. The number of hydrogen-bond donors (Lipinski definition) is 2. The molecular formula is C31H30F3N5O2. The lowest BCUT2D eigenvalue weighted by Gasteiger charge is -2.32. The van der Waals surface area contributed by atoms with Crippen LogP contribution in [0.1, 0.15) is 57.7 Å². The number of aromatic nitrogens is 3. The van der Waals surface area contributed by atoms with Gasteiger partial charge in [0, 0.05) is 36.2 Å². The van der Waals surface area contributed by atoms with Crippen LogP contribution in [0.15, 0.2) is 60.8 Å². The molecule has 4 aromatic rings. The first-order valence-electron chi connectivity index (χ1n) is 13.5. The van der Waals surface area contributed by atoms with Crippen LogP contribution in [0.25, 0.3) is 5.65 Å². The lowest BCUT2D eigenvalue weighted by Crippen LogP contribution is -2.34. The van der Waals surface area contributed by atoms with Gasteiger partial charge in [-0.05, 0) is 98.6 Å². The van der Waals surface area contributed by atoms with Gasteiger partial charge in [-0.1, -0.05) is 24.1 Å². The number of fused-ring (bicyclic) bond motifs is 1. The topological polar surface area (TPSA) is 82.8 Å². The minimum atomic E-state index is -4.57. The van der Waals surface area contributed by atoms with E-state index in [-0.39, 0.29) is 30.0 Å². The van der Waals surface area contributed by atoms with Gasteiger partial charge in [0.25, 0.3) is 5.91 Å². The molecule has 0 unspecified atom stereocenters. The van der Waals surface area contributed by atoms with Crippen molar-refractivity contribution in [2.24, 2.45) is 5.92 Å². The van der Waals surface area contributed by atoms with Crippen LogP contribution in [0.4, 0.5) is 18.9 Å². The van der Waals surface area contributed by atoms with Crippen molar-refractivity contribution >= 4 is 17.2 Å². The Morgan fingerprint density at radius 2 is 1.88 bits per heavy atom. The van der Waals surface area contributed by atoms with Crippen molar-refractivity contribution in [1.82, 2.24) is 19.5 Å². The Hall–Kier alpha value is -4.20. The molecule has 3 heterocycles. The molecule has 5 rings (SSSR count). The van der Waals surface area contributed by atoms with Gasteiger partial charge in [-0.2, -0.15) is 13.2 Å². The van der Waals surface area contributed by atoms with Gasteiger partial charge in [0.2, 0.25) is 5.82 Å². The predicted molar refractivity (Wildman–Crippen MR) is 149 cm³/mol. The molecule has 0 spiro atoms. The second-order valence-electron chi connectivity index (χ2n) is 10.3. The third-order valence-corrected chi connectivity index (χ3v) is 7.43. The van der Waals surface area contributed by atoms with Gasteiger partial charge in [0.1, 0.15) is 0 Å². The Morgan fingerprint density at radius 1 is 1.07 bits per heavy atom. The molecule has 2 aromatic carbocycles. The van der Waals surface area contributed by atoms with Gasteiger partial charge < -0.3 is 10.4 Å². The highest BCUT2D eigenvalue weighted by molar-refractivity contribution is 6.04. The molecule has 1 saturated heterocycles. The molecule has 0 bridgehead atoms. The summed E-state index contributed by atoms with van der Waals surface area (Å²) >= 11 is 0. The number of aliphatic hydroxyl groups is 1. The number of carbonyl (C=O) groups excluding carboxylic acids is 1. The quantitative estimate of drug-likeness (QED) is 0.312. The van der Waals surface area contributed by atoms with Crippen LogP contribution < -0.4 is 5.32 Å². The molecule has 0 radical (unpaired) electrons. The SMILES string of the molecule is Cc1ccc(C(=O)Nc2ccc(CN3CCC(CCO)CC3)c(C(F)(F)F)c2)cc1C#Cc1nnc2ccccn12. The van der Waals surface area contributed by atoms with E-state index in [0.717, 1.165) is 30.9 Å². The number of hydrogen-bond acceptors (Lipinski definition) is 5. The van der Waals surface area contributed by atoms with Crippen LogP contribution >= 0.6 is 0 Å². The number of aryl methyl sites for hydroxylation is 1. The zero-order valence-electron chi connectivity index (χ0n) is 22.6. The van der Waals surface area contributed by atoms with E-state index in [4.69, 9.17) is 5.11 Å². The fraction of sp³-hybridized carbons (Fsp3) is 0.323. The van der Waals surface area contributed by atoms with Crippen molar-refractivity contribution in [3.8, 4) is 11.8 Å². The molecule has 1 amide bonds. The highest BCUT2D eigenvalue weighted by Gasteiger charge is 2.34. The van der Waals surface area contributed by atoms with E-state index in [0.29, 0.717) is 36.0 Å². The number of nitrogens with one attached hydrogen (secondary N) is 1. The summed E-state index contributed by atoms with van der Waals surface area (Å²) in [5.41, 5.74) is 1.85. The standard InChI is InChI=1S/C31H30F3N5O2/c1-21-5-6-24(18-23(21)8-10-29-37-36-28-4-2-3-14-39(28)29)30(41)35-26-9-7-25(27(19-26)31(32,33)34)20-38-15-11-22(12-16-38)13-17-40/h2-7,9,14,18-19,22,40H,11-13,15-17,20H2,1H3,(H,35,41). The van der Waals surface area contributed by atoms with E-state index in [2.05, 4.69) is 27.4 Å². The Morgan fingerprint density at radius 3 is 2.63 bits per heavy atom. The van der Waals surface area contributed by atoms with Gasteiger partial charge in [-0.15, -0.1) is 10.2 Å². The third-order valence-electron chi connectivity index (χ3n) is 7.43. The average Bonchev–Trinajstić information content (AvgIpc) is 3.37. The minimum absolute atomic E-state index is 0.0656. The molecule has 1 aliphatic heterocycles. The summed E-state index contributed by atoms with van der Waals surface area (Å²) in [5, 5.41) is 19.9. The molecule has 7 nitrogen and oxygen atoms in total. The predicted octanol–water partition coefficient (Wildman–Crippen LogP) is 5.30. The van der Waals surface area contributed by atoms with Crippen molar-refractivity contribution < 1.29 is 23.1 Å². The molecule has 2 aromatic heterocycles. The van der Waals surface area contributed by atoms with Gasteiger partial charge in [-0.3, -0.25) is 14.1 Å². The second kappa shape index (κ2) is 12.1. The number of carbonyl (C=O) groups is 1. The number of rotatable bonds is 6. The van der Waals surface area contributed by atoms with Crippen molar-refractivity contribution in [2.45, 2.75) is 38.9 Å². The van der Waals surface area contributed by atoms with Crippen molar-refractivity contribution in [1.29, 1.82) is 0 Å². The highest BCUT2D eigenvalue weighted by atomic mass is 19.4. The molecule has 1 fully saturated rings. The zero-order chi connectivity index (χ0) is 29.0. The van der Waals surface area contributed by atoms with Gasteiger partial charge in [0.05, 0.1) is 5.56 Å². The van der Waals surface area contributed by atoms with E-state index in [1.165, 1.54) is 12.1 Å². The van der Waals surface area contributed by atoms with Gasteiger partial charge >= 0.3 is 6.18 Å². The number of amides is 1. The number of aliphatic hydroxyl groups excluding tert-OH is 1. The first-order valence-corrected chi connectivity index (χ1v) is 13.5. The molecule has 212 valence electrons. The maximum Gasteiger partial charge on any atom is 0.416 e. The third kappa shape index (κ3) is 6.76. The van der Waals surface area contributed by atoms with Gasteiger partial charge in [0.15, 0.2) is 5.65 Å². The van der Waals surface area contributed by atoms with Crippen LogP contribution in [0.3, 0.4) is 0 Å². The zero-order valence-corrected chi connectivity index (χ0v) is 22.6. The lowest BCUT2D eigenvalue weighted by atomic mass is 9.93. The lowest BCUT2D eigenvalue weighted by molar-refractivity contribution is -0.138. The summed E-state index contributed by atoms with van der Waals surface area (Å²) in [5.74, 6) is 6.34. The van der Waals surface area contributed by atoms with E-state index in [9.17, 15) is 18.0 Å².